The zero-order valence-corrected chi connectivity index (χ0v) is 25.2. The number of ether oxygens (including phenoxy) is 1. The maximum atomic E-state index is 13.6. The first-order chi connectivity index (χ1) is 20.1. The summed E-state index contributed by atoms with van der Waals surface area (Å²) in [4.78, 5) is 25.1. The van der Waals surface area contributed by atoms with Gasteiger partial charge in [0.1, 0.15) is 12.3 Å². The van der Waals surface area contributed by atoms with Crippen molar-refractivity contribution >= 4 is 45.3 Å². The molecule has 0 bridgehead atoms. The summed E-state index contributed by atoms with van der Waals surface area (Å²) in [6.45, 7) is 3.03. The lowest BCUT2D eigenvalue weighted by Gasteiger charge is -2.25. The van der Waals surface area contributed by atoms with E-state index in [1.165, 1.54) is 30.8 Å². The first-order valence-corrected chi connectivity index (χ1v) is 15.6. The fourth-order valence-electron chi connectivity index (χ4n) is 4.65. The number of anilines is 1. The van der Waals surface area contributed by atoms with Crippen molar-refractivity contribution in [2.75, 3.05) is 17.5 Å². The molecule has 2 N–H and O–H groups in total. The summed E-state index contributed by atoms with van der Waals surface area (Å²) in [6.07, 6.45) is 6.96. The van der Waals surface area contributed by atoms with E-state index in [-0.39, 0.29) is 23.5 Å². The van der Waals surface area contributed by atoms with Crippen LogP contribution in [0.4, 0.5) is 5.69 Å². The second-order valence-corrected chi connectivity index (χ2v) is 12.6. The molecule has 0 unspecified atom stereocenters. The van der Waals surface area contributed by atoms with E-state index in [9.17, 15) is 18.0 Å². The van der Waals surface area contributed by atoms with Crippen LogP contribution in [0.25, 0.3) is 0 Å². The van der Waals surface area contributed by atoms with Crippen molar-refractivity contribution in [2.45, 2.75) is 56.9 Å². The van der Waals surface area contributed by atoms with Gasteiger partial charge in [-0.1, -0.05) is 54.6 Å². The van der Waals surface area contributed by atoms with Crippen LogP contribution in [0, 0.1) is 13.8 Å². The molecule has 0 aromatic heterocycles. The fraction of sp³-hybridized carbons (Fsp3) is 0.323. The Bertz CT molecular complexity index is 1520. The first-order valence-electron chi connectivity index (χ1n) is 13.8. The number of nitrogens with zero attached hydrogens (tertiary/aromatic N) is 2. The van der Waals surface area contributed by atoms with Gasteiger partial charge >= 0.3 is 0 Å². The number of aryl methyl sites for hydroxylation is 2. The van der Waals surface area contributed by atoms with Gasteiger partial charge in [-0.25, -0.2) is 13.8 Å². The molecule has 0 saturated heterocycles. The predicted octanol–water partition coefficient (Wildman–Crippen LogP) is 5.13. The molecular formula is C31H35ClN4O5S. The van der Waals surface area contributed by atoms with Crippen molar-refractivity contribution in [3.8, 4) is 5.75 Å². The average molecular weight is 611 g/mol. The zero-order chi connectivity index (χ0) is 30.1. The smallest absolute Gasteiger partial charge is 0.264 e. The number of hydrogen-bond donors (Lipinski definition) is 2. The lowest BCUT2D eigenvalue weighted by molar-refractivity contribution is -0.124. The molecule has 42 heavy (non-hydrogen) atoms. The molecule has 3 aromatic rings. The van der Waals surface area contributed by atoms with Gasteiger partial charge in [0.05, 0.1) is 16.8 Å². The molecule has 4 rings (SSSR count). The zero-order valence-electron chi connectivity index (χ0n) is 23.7. The third-order valence-corrected chi connectivity index (χ3v) is 8.97. The van der Waals surface area contributed by atoms with Gasteiger partial charge in [0.2, 0.25) is 0 Å². The van der Waals surface area contributed by atoms with Crippen molar-refractivity contribution < 1.29 is 22.7 Å². The van der Waals surface area contributed by atoms with E-state index in [0.717, 1.165) is 35.6 Å². The summed E-state index contributed by atoms with van der Waals surface area (Å²) < 4.78 is 33.8. The molecule has 1 aliphatic rings. The van der Waals surface area contributed by atoms with Gasteiger partial charge < -0.3 is 10.1 Å². The SMILES string of the molecule is Cc1ccc(S(=O)(=O)N(CC(=O)N/N=C\c2ccc(OCC(=O)NC3CCCCC3)cc2)c2cc(Cl)ccc2C)cc1. The summed E-state index contributed by atoms with van der Waals surface area (Å²) in [7, 11) is -4.09. The minimum atomic E-state index is -4.09. The number of amides is 2. The number of carbonyl (C=O) groups excluding carboxylic acids is 2. The van der Waals surface area contributed by atoms with E-state index in [1.54, 1.807) is 55.5 Å². The minimum absolute atomic E-state index is 0.0533. The number of benzene rings is 3. The van der Waals surface area contributed by atoms with Crippen LogP contribution in [-0.2, 0) is 19.6 Å². The van der Waals surface area contributed by atoms with Gasteiger partial charge in [0.25, 0.3) is 21.8 Å². The molecule has 2 amide bonds. The third-order valence-electron chi connectivity index (χ3n) is 6.96. The molecule has 0 spiro atoms. The Labute approximate surface area is 252 Å². The van der Waals surface area contributed by atoms with Crippen LogP contribution in [0.15, 0.2) is 76.7 Å². The van der Waals surface area contributed by atoms with Crippen molar-refractivity contribution in [3.05, 3.63) is 88.4 Å². The highest BCUT2D eigenvalue weighted by molar-refractivity contribution is 7.92. The molecule has 1 fully saturated rings. The molecular weight excluding hydrogens is 576 g/mol. The average Bonchev–Trinajstić information content (AvgIpc) is 2.97. The summed E-state index contributed by atoms with van der Waals surface area (Å²) in [5, 5.41) is 7.35. The number of halogens is 1. The molecule has 0 radical (unpaired) electrons. The van der Waals surface area contributed by atoms with Crippen LogP contribution in [0.5, 0.6) is 5.75 Å². The van der Waals surface area contributed by atoms with E-state index < -0.39 is 22.5 Å². The third kappa shape index (κ3) is 8.56. The van der Waals surface area contributed by atoms with Gasteiger partial charge in [0.15, 0.2) is 6.61 Å². The molecule has 0 aliphatic heterocycles. The van der Waals surface area contributed by atoms with E-state index in [2.05, 4.69) is 15.8 Å². The van der Waals surface area contributed by atoms with Gasteiger partial charge in [-0.15, -0.1) is 0 Å². The maximum absolute atomic E-state index is 13.6. The van der Waals surface area contributed by atoms with E-state index in [4.69, 9.17) is 16.3 Å². The topological polar surface area (TPSA) is 117 Å². The Kier molecular flexibility index (Phi) is 10.6. The van der Waals surface area contributed by atoms with Gasteiger partial charge in [0, 0.05) is 11.1 Å². The fourth-order valence-corrected chi connectivity index (χ4v) is 6.29. The lowest BCUT2D eigenvalue weighted by atomic mass is 9.95. The number of carbonyl (C=O) groups is 2. The van der Waals surface area contributed by atoms with Gasteiger partial charge in [-0.3, -0.25) is 13.9 Å². The van der Waals surface area contributed by atoms with Crippen molar-refractivity contribution in [1.29, 1.82) is 0 Å². The Morgan fingerprint density at radius 3 is 2.36 bits per heavy atom. The largest absolute Gasteiger partial charge is 0.484 e. The van der Waals surface area contributed by atoms with Crippen LogP contribution in [-0.4, -0.2) is 45.6 Å². The maximum Gasteiger partial charge on any atom is 0.264 e. The number of rotatable bonds is 11. The first kappa shape index (κ1) is 31.1. The van der Waals surface area contributed by atoms with Crippen LogP contribution in [0.3, 0.4) is 0 Å². The lowest BCUT2D eigenvalue weighted by Crippen LogP contribution is -2.40. The van der Waals surface area contributed by atoms with E-state index in [0.29, 0.717) is 27.6 Å². The van der Waals surface area contributed by atoms with Crippen LogP contribution >= 0.6 is 11.6 Å². The second-order valence-electron chi connectivity index (χ2n) is 10.3. The van der Waals surface area contributed by atoms with Crippen molar-refractivity contribution in [2.24, 2.45) is 5.10 Å². The van der Waals surface area contributed by atoms with Crippen molar-refractivity contribution in [1.82, 2.24) is 10.7 Å². The summed E-state index contributed by atoms with van der Waals surface area (Å²) >= 11 is 6.18. The molecule has 11 heteroatoms. The predicted molar refractivity (Wildman–Crippen MR) is 165 cm³/mol. The molecule has 1 aliphatic carbocycles. The monoisotopic (exact) mass is 610 g/mol. The normalized spacial score (nSPS) is 14.0. The Morgan fingerprint density at radius 2 is 1.67 bits per heavy atom. The number of hydrazone groups is 1. The highest BCUT2D eigenvalue weighted by Crippen LogP contribution is 2.29. The highest BCUT2D eigenvalue weighted by Gasteiger charge is 2.28. The number of sulfonamides is 1. The Balaban J connectivity index is 1.36. The quantitative estimate of drug-likeness (QED) is 0.231. The van der Waals surface area contributed by atoms with Gasteiger partial charge in [-0.2, -0.15) is 5.10 Å². The molecule has 222 valence electrons. The second kappa shape index (κ2) is 14.3. The highest BCUT2D eigenvalue weighted by atomic mass is 35.5. The van der Waals surface area contributed by atoms with Crippen LogP contribution < -0.4 is 19.8 Å². The Morgan fingerprint density at radius 1 is 0.976 bits per heavy atom. The molecule has 0 heterocycles. The summed E-state index contributed by atoms with van der Waals surface area (Å²) in [6, 6.07) is 18.4. The molecule has 3 aromatic carbocycles. The molecule has 0 atom stereocenters. The van der Waals surface area contributed by atoms with E-state index >= 15 is 0 Å². The van der Waals surface area contributed by atoms with Crippen molar-refractivity contribution in [3.63, 3.8) is 0 Å². The summed E-state index contributed by atoms with van der Waals surface area (Å²) in [5.74, 6) is -0.240. The molecule has 9 nitrogen and oxygen atoms in total. The number of nitrogens with one attached hydrogen (secondary N) is 2. The number of hydrogen-bond acceptors (Lipinski definition) is 6. The molecule has 1 saturated carbocycles. The Hall–Kier alpha value is -3.89. The van der Waals surface area contributed by atoms with Gasteiger partial charge in [-0.05, 0) is 86.3 Å². The van der Waals surface area contributed by atoms with Crippen LogP contribution in [0.2, 0.25) is 5.02 Å². The standard InChI is InChI=1S/C31H35ClN4O5S/c1-22-8-16-28(17-9-22)42(39,40)36(29-18-25(32)13-10-23(29)2)20-30(37)35-33-19-24-11-14-27(15-12-24)41-21-31(38)34-26-6-4-3-5-7-26/h8-19,26H,3-7,20-21H2,1-2H3,(H,34,38)(H,35,37)/b33-19-. The minimum Gasteiger partial charge on any atom is -0.484 e. The summed E-state index contributed by atoms with van der Waals surface area (Å²) in [5.41, 5.74) is 4.91. The van der Waals surface area contributed by atoms with Crippen LogP contribution in [0.1, 0.15) is 48.8 Å². The van der Waals surface area contributed by atoms with E-state index in [1.807, 2.05) is 6.92 Å².